The second kappa shape index (κ2) is 8.20. The van der Waals surface area contributed by atoms with Gasteiger partial charge in [-0.1, -0.05) is 11.6 Å². The van der Waals surface area contributed by atoms with Crippen molar-refractivity contribution < 1.29 is 9.18 Å². The summed E-state index contributed by atoms with van der Waals surface area (Å²) in [4.78, 5) is 23.1. The van der Waals surface area contributed by atoms with Crippen molar-refractivity contribution in [1.29, 1.82) is 0 Å². The Morgan fingerprint density at radius 1 is 1.38 bits per heavy atom. The summed E-state index contributed by atoms with van der Waals surface area (Å²) >= 11 is 5.87. The number of nitrogens with one attached hydrogen (secondary N) is 3. The van der Waals surface area contributed by atoms with Gasteiger partial charge in [0.25, 0.3) is 0 Å². The van der Waals surface area contributed by atoms with Crippen LogP contribution in [0.1, 0.15) is 19.8 Å². The summed E-state index contributed by atoms with van der Waals surface area (Å²) in [5.74, 6) is 0.196. The van der Waals surface area contributed by atoms with Gasteiger partial charge >= 0.3 is 0 Å². The van der Waals surface area contributed by atoms with Crippen LogP contribution in [-0.2, 0) is 4.79 Å². The van der Waals surface area contributed by atoms with Crippen LogP contribution in [0, 0.1) is 5.82 Å². The molecule has 3 N–H and O–H groups in total. The molecule has 0 bridgehead atoms. The van der Waals surface area contributed by atoms with Gasteiger partial charge in [0.1, 0.15) is 18.0 Å². The van der Waals surface area contributed by atoms with E-state index in [2.05, 4.69) is 30.8 Å². The third kappa shape index (κ3) is 4.24. The highest BCUT2D eigenvalue weighted by atomic mass is 35.5. The molecular weight excluding hydrogens is 397 g/mol. The van der Waals surface area contributed by atoms with E-state index in [0.29, 0.717) is 23.7 Å². The number of carbonyl (C=O) groups is 1. The van der Waals surface area contributed by atoms with Crippen molar-refractivity contribution in [3.63, 3.8) is 0 Å². The highest BCUT2D eigenvalue weighted by Crippen LogP contribution is 2.24. The Hall–Kier alpha value is -2.94. The van der Waals surface area contributed by atoms with Crippen LogP contribution < -0.4 is 10.6 Å². The molecule has 1 amide bonds. The Morgan fingerprint density at radius 3 is 3.07 bits per heavy atom. The zero-order valence-corrected chi connectivity index (χ0v) is 16.6. The van der Waals surface area contributed by atoms with Gasteiger partial charge in [-0.15, -0.1) is 0 Å². The number of aromatic amines is 1. The summed E-state index contributed by atoms with van der Waals surface area (Å²) in [7, 11) is 0. The molecule has 0 spiro atoms. The van der Waals surface area contributed by atoms with Gasteiger partial charge in [-0.25, -0.2) is 14.4 Å². The Bertz CT molecular complexity index is 1010. The standard InChI is InChI=1S/C19H21ClFN7O/c1-11-16(26-18-15-8-25-27-19(15)24-10-23-18)3-2-4-28(11)17(29)9-22-14-6-12(20)5-13(21)7-14/h5-8,10-11,16,22H,2-4,9H2,1H3,(H2,23,24,25,26,27)/t11-,16+/m0/s1. The van der Waals surface area contributed by atoms with E-state index in [1.807, 2.05) is 11.8 Å². The molecule has 0 aliphatic carbocycles. The molecule has 29 heavy (non-hydrogen) atoms. The third-order valence-electron chi connectivity index (χ3n) is 5.18. The highest BCUT2D eigenvalue weighted by molar-refractivity contribution is 6.30. The van der Waals surface area contributed by atoms with E-state index in [1.165, 1.54) is 18.5 Å². The van der Waals surface area contributed by atoms with Crippen LogP contribution in [0.25, 0.3) is 11.0 Å². The maximum atomic E-state index is 13.5. The molecule has 4 rings (SSSR count). The predicted molar refractivity (Wildman–Crippen MR) is 109 cm³/mol. The van der Waals surface area contributed by atoms with E-state index < -0.39 is 5.82 Å². The van der Waals surface area contributed by atoms with Crippen LogP contribution in [-0.4, -0.2) is 56.1 Å². The fourth-order valence-corrected chi connectivity index (χ4v) is 3.90. The van der Waals surface area contributed by atoms with Crippen molar-refractivity contribution in [1.82, 2.24) is 25.1 Å². The lowest BCUT2D eigenvalue weighted by molar-refractivity contribution is -0.132. The first-order valence-electron chi connectivity index (χ1n) is 9.41. The fourth-order valence-electron chi connectivity index (χ4n) is 3.68. The normalized spacial score (nSPS) is 19.3. The molecule has 1 aliphatic rings. The summed E-state index contributed by atoms with van der Waals surface area (Å²) in [6.07, 6.45) is 4.95. The van der Waals surface area contributed by atoms with E-state index >= 15 is 0 Å². The molecule has 3 aromatic rings. The van der Waals surface area contributed by atoms with Gasteiger partial charge in [-0.3, -0.25) is 9.89 Å². The van der Waals surface area contributed by atoms with Gasteiger partial charge in [0.15, 0.2) is 5.65 Å². The Labute approximate surface area is 171 Å². The van der Waals surface area contributed by atoms with Crippen molar-refractivity contribution in [3.8, 4) is 0 Å². The zero-order chi connectivity index (χ0) is 20.4. The van der Waals surface area contributed by atoms with Gasteiger partial charge in [0, 0.05) is 29.3 Å². The largest absolute Gasteiger partial charge is 0.376 e. The van der Waals surface area contributed by atoms with Crippen LogP contribution in [0.15, 0.2) is 30.7 Å². The molecule has 3 heterocycles. The number of hydrogen-bond acceptors (Lipinski definition) is 6. The zero-order valence-electron chi connectivity index (χ0n) is 15.8. The number of nitrogens with zero attached hydrogens (tertiary/aromatic N) is 4. The van der Waals surface area contributed by atoms with Crippen LogP contribution >= 0.6 is 11.6 Å². The van der Waals surface area contributed by atoms with Gasteiger partial charge in [0.05, 0.1) is 18.1 Å². The first kappa shape index (κ1) is 19.4. The topological polar surface area (TPSA) is 98.8 Å². The summed E-state index contributed by atoms with van der Waals surface area (Å²) in [5, 5.41) is 14.3. The number of hydrogen-bond donors (Lipinski definition) is 3. The molecule has 0 unspecified atom stereocenters. The van der Waals surface area contributed by atoms with Crippen LogP contribution in [0.5, 0.6) is 0 Å². The predicted octanol–water partition coefficient (Wildman–Crippen LogP) is 3.05. The molecule has 0 saturated carbocycles. The molecule has 8 nitrogen and oxygen atoms in total. The Kier molecular flexibility index (Phi) is 5.48. The molecule has 2 aromatic heterocycles. The molecule has 1 aliphatic heterocycles. The molecule has 1 fully saturated rings. The number of amides is 1. The Morgan fingerprint density at radius 2 is 2.24 bits per heavy atom. The third-order valence-corrected chi connectivity index (χ3v) is 5.40. The first-order chi connectivity index (χ1) is 14.0. The lowest BCUT2D eigenvalue weighted by Crippen LogP contribution is -2.53. The van der Waals surface area contributed by atoms with Crippen LogP contribution in [0.2, 0.25) is 5.02 Å². The molecule has 152 valence electrons. The SMILES string of the molecule is C[C@H]1[C@H](Nc2ncnc3[nH]ncc23)CCCN1C(=O)CNc1cc(F)cc(Cl)c1. The minimum atomic E-state index is -0.446. The van der Waals surface area contributed by atoms with E-state index in [-0.39, 0.29) is 29.6 Å². The van der Waals surface area contributed by atoms with Crippen molar-refractivity contribution in [3.05, 3.63) is 41.6 Å². The number of rotatable bonds is 5. The number of fused-ring (bicyclic) bond motifs is 1. The first-order valence-corrected chi connectivity index (χ1v) is 9.79. The molecule has 2 atom stereocenters. The molecule has 1 aromatic carbocycles. The summed E-state index contributed by atoms with van der Waals surface area (Å²) in [5.41, 5.74) is 1.14. The minimum absolute atomic E-state index is 0.0361. The number of carbonyl (C=O) groups excluding carboxylic acids is 1. The monoisotopic (exact) mass is 417 g/mol. The smallest absolute Gasteiger partial charge is 0.242 e. The van der Waals surface area contributed by atoms with Crippen LogP contribution in [0.3, 0.4) is 0 Å². The minimum Gasteiger partial charge on any atom is -0.376 e. The second-order valence-corrected chi connectivity index (χ2v) is 7.52. The number of piperidine rings is 1. The summed E-state index contributed by atoms with van der Waals surface area (Å²) in [6, 6.07) is 4.14. The quantitative estimate of drug-likeness (QED) is 0.590. The van der Waals surface area contributed by atoms with Gasteiger partial charge < -0.3 is 15.5 Å². The second-order valence-electron chi connectivity index (χ2n) is 7.09. The highest BCUT2D eigenvalue weighted by Gasteiger charge is 2.31. The number of halogens is 2. The van der Waals surface area contributed by atoms with Gasteiger partial charge in [-0.05, 0) is 38.0 Å². The van der Waals surface area contributed by atoms with E-state index in [4.69, 9.17) is 11.6 Å². The molecular formula is C19H21ClFN7O. The number of benzene rings is 1. The molecule has 1 saturated heterocycles. The molecule has 10 heteroatoms. The summed E-state index contributed by atoms with van der Waals surface area (Å²) in [6.45, 7) is 2.76. The van der Waals surface area contributed by atoms with Crippen molar-refractivity contribution in [2.45, 2.75) is 31.8 Å². The van der Waals surface area contributed by atoms with E-state index in [9.17, 15) is 9.18 Å². The lowest BCUT2D eigenvalue weighted by atomic mass is 9.97. The Balaban J connectivity index is 1.41. The number of likely N-dealkylation sites (tertiary alicyclic amines) is 1. The van der Waals surface area contributed by atoms with E-state index in [0.717, 1.165) is 18.2 Å². The average molecular weight is 418 g/mol. The maximum Gasteiger partial charge on any atom is 0.242 e. The van der Waals surface area contributed by atoms with Crippen molar-refractivity contribution in [2.75, 3.05) is 23.7 Å². The fraction of sp³-hybridized carbons (Fsp3) is 0.368. The van der Waals surface area contributed by atoms with Crippen LogP contribution in [0.4, 0.5) is 15.9 Å². The lowest BCUT2D eigenvalue weighted by Gasteiger charge is -2.40. The number of aromatic nitrogens is 4. The average Bonchev–Trinajstić information content (AvgIpc) is 3.17. The summed E-state index contributed by atoms with van der Waals surface area (Å²) < 4.78 is 13.5. The number of anilines is 2. The van der Waals surface area contributed by atoms with E-state index in [1.54, 1.807) is 12.3 Å². The van der Waals surface area contributed by atoms with Gasteiger partial charge in [0.2, 0.25) is 5.91 Å². The van der Waals surface area contributed by atoms with Gasteiger partial charge in [-0.2, -0.15) is 5.10 Å². The van der Waals surface area contributed by atoms with Crippen molar-refractivity contribution >= 4 is 40.0 Å². The molecule has 0 radical (unpaired) electrons. The maximum absolute atomic E-state index is 13.5. The van der Waals surface area contributed by atoms with Crippen molar-refractivity contribution in [2.24, 2.45) is 0 Å². The number of H-pyrrole nitrogens is 1.